The molecule has 0 fully saturated rings. The van der Waals surface area contributed by atoms with E-state index in [0.29, 0.717) is 29.8 Å². The van der Waals surface area contributed by atoms with Crippen LogP contribution in [0.2, 0.25) is 0 Å². The lowest BCUT2D eigenvalue weighted by molar-refractivity contribution is -0.120. The van der Waals surface area contributed by atoms with Crippen LogP contribution in [0.4, 0.5) is 4.79 Å². The Hall–Kier alpha value is -5.69. The molecule has 2 amide bonds. The Balaban J connectivity index is 1.66. The number of Topliss-reactive ketones (excluding diaryl/α,β-unsaturated/α-hetero) is 1. The van der Waals surface area contributed by atoms with Crippen molar-refractivity contribution in [3.63, 3.8) is 0 Å². The first-order chi connectivity index (χ1) is 25.7. The third kappa shape index (κ3) is 10.7. The predicted molar refractivity (Wildman–Crippen MR) is 197 cm³/mol. The number of fused-ring (bicyclic) bond motifs is 2. The smallest absolute Gasteiger partial charge is 0.405 e. The average molecular weight is 742 g/mol. The van der Waals surface area contributed by atoms with Gasteiger partial charge in [-0.3, -0.25) is 14.4 Å². The van der Waals surface area contributed by atoms with Crippen molar-refractivity contribution < 1.29 is 38.5 Å². The Morgan fingerprint density at radius 3 is 2.63 bits per heavy atom. The number of aromatic nitrogens is 3. The first kappa shape index (κ1) is 41.1. The zero-order valence-electron chi connectivity index (χ0n) is 31.2. The number of aliphatic hydroxyl groups is 1. The van der Waals surface area contributed by atoms with Crippen LogP contribution in [0, 0.1) is 23.2 Å². The molecule has 4 rings (SSSR count). The molecule has 2 aromatic rings. The van der Waals surface area contributed by atoms with E-state index < -0.39 is 53.9 Å². The number of aliphatic hydroxyl groups excluding tert-OH is 1. The van der Waals surface area contributed by atoms with Crippen LogP contribution >= 0.6 is 0 Å². The van der Waals surface area contributed by atoms with Gasteiger partial charge < -0.3 is 35.7 Å². The number of nitriles is 1. The van der Waals surface area contributed by atoms with Gasteiger partial charge in [-0.1, -0.05) is 55.5 Å². The minimum absolute atomic E-state index is 0.0646. The first-order valence-corrected chi connectivity index (χ1v) is 17.4. The molecule has 1 aliphatic carbocycles. The van der Waals surface area contributed by atoms with Gasteiger partial charge in [0.2, 0.25) is 11.6 Å². The number of hydrogen-bond donors (Lipinski definition) is 4. The maximum absolute atomic E-state index is 14.0. The van der Waals surface area contributed by atoms with E-state index in [2.05, 4.69) is 27.0 Å². The van der Waals surface area contributed by atoms with Crippen molar-refractivity contribution >= 4 is 23.6 Å². The Bertz CT molecular complexity index is 1940. The summed E-state index contributed by atoms with van der Waals surface area (Å²) in [6.07, 6.45) is 5.08. The minimum atomic E-state index is -1.02. The molecule has 15 heteroatoms. The number of hydrogen-bond acceptors (Lipinski definition) is 12. The lowest BCUT2D eigenvalue weighted by Crippen LogP contribution is -2.37. The number of amides is 2. The number of benzene rings is 1. The Morgan fingerprint density at radius 1 is 1.19 bits per heavy atom. The van der Waals surface area contributed by atoms with Crippen LogP contribution in [-0.4, -0.2) is 82.3 Å². The molecule has 0 radical (unpaired) electrons. The van der Waals surface area contributed by atoms with Crippen molar-refractivity contribution in [2.45, 2.75) is 78.0 Å². The van der Waals surface area contributed by atoms with Gasteiger partial charge in [0.25, 0.3) is 5.91 Å². The fraction of sp³-hybridized carbons (Fsp3) is 0.410. The molecule has 54 heavy (non-hydrogen) atoms. The van der Waals surface area contributed by atoms with Crippen molar-refractivity contribution in [2.75, 3.05) is 14.2 Å². The first-order valence-electron chi connectivity index (χ1n) is 17.4. The van der Waals surface area contributed by atoms with Gasteiger partial charge in [-0.2, -0.15) is 5.26 Å². The molecule has 0 unspecified atom stereocenters. The highest BCUT2D eigenvalue weighted by Crippen LogP contribution is 2.29. The summed E-state index contributed by atoms with van der Waals surface area (Å²) in [6, 6.07) is 9.25. The molecular weight excluding hydrogens is 694 g/mol. The van der Waals surface area contributed by atoms with Crippen LogP contribution in [0.25, 0.3) is 0 Å². The third-order valence-corrected chi connectivity index (χ3v) is 9.23. The maximum Gasteiger partial charge on any atom is 0.405 e. The molecular formula is C39H47N7O8. The maximum atomic E-state index is 14.0. The highest BCUT2D eigenvalue weighted by Gasteiger charge is 2.33. The van der Waals surface area contributed by atoms with E-state index in [4.69, 9.17) is 19.9 Å². The summed E-state index contributed by atoms with van der Waals surface area (Å²) in [6.45, 7) is 7.37. The number of allylic oxidation sites excluding steroid dienone is 4. The number of rotatable bonds is 8. The van der Waals surface area contributed by atoms with E-state index in [1.165, 1.54) is 33.3 Å². The standard InChI is InChI=1S/C39H47N7O8/c1-22-13-29-34(42-19-28-21-46(45-44-28)20-27-11-8-10-26(16-27)18-40)31(47)17-30(36(29)49)43-38(50)23(2)9-7-12-32(52-5)37(54-39(41)51)25(4)15-24(3)35(48)33(14-22)53-6/h7-12,15-17,21-22,24,32-33,35,37,42,48H,13-14,19-20H2,1-6H3,(H2,41,51)(H,43,50)/b12-7-,23-9+,25-15+/t22-,24+,32+,33+,35-,37+/m1/s1. The second-order valence-electron chi connectivity index (χ2n) is 13.5. The number of carbonyl (C=O) groups excluding carboxylic acids is 4. The molecule has 0 saturated carbocycles. The van der Waals surface area contributed by atoms with Gasteiger partial charge in [-0.15, -0.1) is 5.10 Å². The monoisotopic (exact) mass is 741 g/mol. The predicted octanol–water partition coefficient (Wildman–Crippen LogP) is 3.06. The lowest BCUT2D eigenvalue weighted by atomic mass is 9.85. The number of nitrogens with one attached hydrogen (secondary N) is 2. The fourth-order valence-electron chi connectivity index (χ4n) is 6.38. The number of carbonyl (C=O) groups is 4. The Morgan fingerprint density at radius 2 is 1.94 bits per heavy atom. The molecule has 15 nitrogen and oxygen atoms in total. The van der Waals surface area contributed by atoms with Crippen molar-refractivity contribution in [2.24, 2.45) is 17.6 Å². The molecule has 0 saturated heterocycles. The van der Waals surface area contributed by atoms with E-state index in [9.17, 15) is 29.5 Å². The van der Waals surface area contributed by atoms with Crippen LogP contribution in [0.15, 0.2) is 89.0 Å². The molecule has 2 heterocycles. The summed E-state index contributed by atoms with van der Waals surface area (Å²) in [5.74, 6) is -2.44. The number of primary amides is 1. The largest absolute Gasteiger partial charge is 0.439 e. The third-order valence-electron chi connectivity index (χ3n) is 9.23. The molecule has 2 bridgehead atoms. The van der Waals surface area contributed by atoms with Gasteiger partial charge in [0.05, 0.1) is 54.5 Å². The molecule has 1 aromatic carbocycles. The van der Waals surface area contributed by atoms with E-state index in [-0.39, 0.29) is 41.4 Å². The van der Waals surface area contributed by atoms with Gasteiger partial charge in [-0.05, 0) is 55.9 Å². The molecule has 2 aliphatic rings. The number of nitrogens with zero attached hydrogens (tertiary/aromatic N) is 4. The number of ether oxygens (including phenoxy) is 3. The quantitative estimate of drug-likeness (QED) is 0.227. The van der Waals surface area contributed by atoms with Crippen LogP contribution < -0.4 is 16.4 Å². The zero-order valence-corrected chi connectivity index (χ0v) is 31.2. The highest BCUT2D eigenvalue weighted by atomic mass is 16.6. The zero-order chi connectivity index (χ0) is 39.5. The van der Waals surface area contributed by atoms with Crippen LogP contribution in [-0.2, 0) is 41.7 Å². The van der Waals surface area contributed by atoms with Crippen molar-refractivity contribution in [3.8, 4) is 6.07 Å². The van der Waals surface area contributed by atoms with E-state index in [1.807, 2.05) is 13.0 Å². The minimum Gasteiger partial charge on any atom is -0.439 e. The molecule has 5 N–H and O–H groups in total. The van der Waals surface area contributed by atoms with E-state index >= 15 is 0 Å². The summed E-state index contributed by atoms with van der Waals surface area (Å²) >= 11 is 0. The van der Waals surface area contributed by atoms with Crippen molar-refractivity contribution in [3.05, 3.63) is 106 Å². The molecule has 1 aliphatic heterocycles. The van der Waals surface area contributed by atoms with Crippen molar-refractivity contribution in [1.29, 1.82) is 5.26 Å². The van der Waals surface area contributed by atoms with E-state index in [0.717, 1.165) is 11.6 Å². The average Bonchev–Trinajstić information content (AvgIpc) is 3.59. The number of ketones is 2. The van der Waals surface area contributed by atoms with Crippen LogP contribution in [0.1, 0.15) is 57.4 Å². The summed E-state index contributed by atoms with van der Waals surface area (Å²) in [4.78, 5) is 52.8. The molecule has 6 atom stereocenters. The highest BCUT2D eigenvalue weighted by molar-refractivity contribution is 6.23. The van der Waals surface area contributed by atoms with Gasteiger partial charge >= 0.3 is 6.09 Å². The molecule has 1 aromatic heterocycles. The van der Waals surface area contributed by atoms with E-state index in [1.54, 1.807) is 55.1 Å². The summed E-state index contributed by atoms with van der Waals surface area (Å²) in [7, 11) is 2.90. The van der Waals surface area contributed by atoms with Gasteiger partial charge in [-0.25, -0.2) is 9.48 Å². The lowest BCUT2D eigenvalue weighted by Gasteiger charge is -2.30. The summed E-state index contributed by atoms with van der Waals surface area (Å²) < 4.78 is 18.3. The number of nitrogens with two attached hydrogens (primary N) is 1. The second kappa shape index (κ2) is 18.9. The van der Waals surface area contributed by atoms with Gasteiger partial charge in [0.1, 0.15) is 11.8 Å². The summed E-state index contributed by atoms with van der Waals surface area (Å²) in [5.41, 5.74) is 8.09. The normalized spacial score (nSPS) is 27.1. The topological polar surface area (TPSA) is 221 Å². The second-order valence-corrected chi connectivity index (χ2v) is 13.5. The summed E-state index contributed by atoms with van der Waals surface area (Å²) in [5, 5.41) is 34.7. The Labute approximate surface area is 314 Å². The van der Waals surface area contributed by atoms with Gasteiger partial charge in [0.15, 0.2) is 6.10 Å². The van der Waals surface area contributed by atoms with Crippen LogP contribution in [0.3, 0.4) is 0 Å². The fourth-order valence-corrected chi connectivity index (χ4v) is 6.38. The van der Waals surface area contributed by atoms with Crippen LogP contribution in [0.5, 0.6) is 0 Å². The molecule has 0 spiro atoms. The SMILES string of the molecule is CO[C@H]1/C=C\C=C(/C)C(=O)NC2=CC(=O)C(NCc3cn(Cc4cccc(C#N)c4)nn3)=C(C[C@@H](C)C[C@H](OC)[C@H](O)[C@@H](C)/C=C(\C)[C@@H]1OC(N)=O)C2=O. The molecule has 286 valence electrons. The van der Waals surface area contributed by atoms with Crippen molar-refractivity contribution in [1.82, 2.24) is 25.6 Å². The van der Waals surface area contributed by atoms with Gasteiger partial charge in [0, 0.05) is 37.4 Å². The number of methoxy groups -OCH3 is 2. The Kier molecular flexibility index (Phi) is 14.4.